The van der Waals surface area contributed by atoms with Crippen molar-refractivity contribution in [2.45, 2.75) is 66.2 Å². The predicted molar refractivity (Wildman–Crippen MR) is 93.8 cm³/mol. The molecule has 0 aliphatic carbocycles. The number of aryl methyl sites for hydroxylation is 1. The van der Waals surface area contributed by atoms with Gasteiger partial charge in [0, 0.05) is 6.92 Å². The largest absolute Gasteiger partial charge is 0.258 e. The number of nitrogens with zero attached hydrogens (tertiary/aromatic N) is 2. The van der Waals surface area contributed by atoms with E-state index in [-0.39, 0.29) is 10.8 Å². The maximum atomic E-state index is 7.71. The molecule has 0 N–H and O–H groups in total. The normalized spacial score (nSPS) is 15.4. The zero-order chi connectivity index (χ0) is 19.4. The van der Waals surface area contributed by atoms with Crippen molar-refractivity contribution in [2.75, 3.05) is 0 Å². The van der Waals surface area contributed by atoms with Crippen molar-refractivity contribution >= 4 is 0 Å². The molecule has 22 heavy (non-hydrogen) atoms. The Balaban J connectivity index is 2.80. The number of imidazole rings is 1. The van der Waals surface area contributed by atoms with Crippen LogP contribution in [0.15, 0.2) is 24.5 Å². The Morgan fingerprint density at radius 2 is 1.64 bits per heavy atom. The van der Waals surface area contributed by atoms with E-state index in [9.17, 15) is 0 Å². The summed E-state index contributed by atoms with van der Waals surface area (Å²) in [5.74, 6) is 0.703. The van der Waals surface area contributed by atoms with E-state index in [0.29, 0.717) is 5.82 Å². The van der Waals surface area contributed by atoms with E-state index in [1.165, 1.54) is 21.3 Å². The van der Waals surface area contributed by atoms with Gasteiger partial charge in [-0.25, -0.2) is 4.57 Å². The lowest BCUT2D eigenvalue weighted by atomic mass is 9.78. The van der Waals surface area contributed by atoms with Gasteiger partial charge in [0.15, 0.2) is 0 Å². The molecule has 0 radical (unpaired) electrons. The molecule has 0 saturated heterocycles. The van der Waals surface area contributed by atoms with Crippen molar-refractivity contribution in [1.82, 2.24) is 4.57 Å². The van der Waals surface area contributed by atoms with Gasteiger partial charge in [0.2, 0.25) is 0 Å². The Bertz CT molecular complexity index is 785. The second kappa shape index (κ2) is 5.26. The molecule has 2 nitrogen and oxygen atoms in total. The molecule has 2 heteroatoms. The van der Waals surface area contributed by atoms with Gasteiger partial charge in [0.1, 0.15) is 18.1 Å². The number of hydrogen-bond acceptors (Lipinski definition) is 0. The van der Waals surface area contributed by atoms with Crippen molar-refractivity contribution in [2.24, 2.45) is 6.98 Å². The zero-order valence-electron chi connectivity index (χ0n) is 18.2. The Labute approximate surface area is 140 Å². The average molecular weight is 303 g/mol. The summed E-state index contributed by atoms with van der Waals surface area (Å²) in [4.78, 5) is 0. The van der Waals surface area contributed by atoms with Gasteiger partial charge in [-0.1, -0.05) is 47.6 Å². The Morgan fingerprint density at radius 3 is 2.09 bits per heavy atom. The first kappa shape index (κ1) is 12.9. The molecular weight excluding hydrogens is 268 g/mol. The van der Waals surface area contributed by atoms with Crippen LogP contribution in [0.5, 0.6) is 0 Å². The lowest BCUT2D eigenvalue weighted by molar-refractivity contribution is -0.677. The van der Waals surface area contributed by atoms with E-state index in [4.69, 9.17) is 4.11 Å². The Kier molecular flexibility index (Phi) is 3.09. The summed E-state index contributed by atoms with van der Waals surface area (Å²) < 4.78 is 26.5. The van der Waals surface area contributed by atoms with Gasteiger partial charge in [0.05, 0.1) is 11.1 Å². The Hall–Kier alpha value is -1.57. The van der Waals surface area contributed by atoms with Gasteiger partial charge in [-0.3, -0.25) is 0 Å². The van der Waals surface area contributed by atoms with E-state index in [0.717, 1.165) is 5.69 Å². The minimum absolute atomic E-state index is 0.0150. The quantitative estimate of drug-likeness (QED) is 0.685. The third-order valence-electron chi connectivity index (χ3n) is 4.38. The molecule has 0 fully saturated rings. The fourth-order valence-electron chi connectivity index (χ4n) is 2.88. The van der Waals surface area contributed by atoms with Gasteiger partial charge in [-0.2, -0.15) is 4.57 Å². The van der Waals surface area contributed by atoms with E-state index in [1.807, 2.05) is 17.7 Å². The first-order chi connectivity index (χ1) is 11.1. The van der Waals surface area contributed by atoms with Crippen LogP contribution in [-0.4, -0.2) is 4.57 Å². The summed E-state index contributed by atoms with van der Waals surface area (Å²) in [6.45, 7) is 15.1. The summed E-state index contributed by atoms with van der Waals surface area (Å²) in [6.07, 6.45) is 3.49. The summed E-state index contributed by atoms with van der Waals surface area (Å²) in [5, 5.41) is 0. The predicted octanol–water partition coefficient (Wildman–Crippen LogP) is 4.51. The van der Waals surface area contributed by atoms with Crippen LogP contribution in [-0.2, 0) is 17.8 Å². The number of rotatable bonds is 1. The first-order valence-corrected chi connectivity index (χ1v) is 7.90. The highest BCUT2D eigenvalue weighted by atomic mass is 15.1. The molecule has 0 saturated carbocycles. The van der Waals surface area contributed by atoms with Crippen LogP contribution in [0.25, 0.3) is 5.69 Å². The molecule has 2 rings (SSSR count). The van der Waals surface area contributed by atoms with E-state index >= 15 is 0 Å². The fourth-order valence-corrected chi connectivity index (χ4v) is 2.88. The SMILES string of the molecule is [2H]C([2H])([2H])[n+]1ccn(-c2cc(C(C)(C)C)cc(C(C)(C)C)c2C)c1C. The maximum Gasteiger partial charge on any atom is 0.258 e. The standard InChI is InChI=1S/C20H31N2/c1-14-17(20(6,7)8)12-16(19(3,4)5)13-18(14)22-11-10-21(9)15(22)2/h10-13H,1-9H3/q+1/i9D3. The van der Waals surface area contributed by atoms with Gasteiger partial charge in [-0.15, -0.1) is 0 Å². The van der Waals surface area contributed by atoms with Gasteiger partial charge in [0.25, 0.3) is 5.82 Å². The topological polar surface area (TPSA) is 8.81 Å². The molecule has 0 spiro atoms. The van der Waals surface area contributed by atoms with Crippen LogP contribution < -0.4 is 4.57 Å². The number of aromatic nitrogens is 2. The van der Waals surface area contributed by atoms with Gasteiger partial charge in [-0.05, 0) is 40.5 Å². The summed E-state index contributed by atoms with van der Waals surface area (Å²) in [7, 11) is 0. The van der Waals surface area contributed by atoms with E-state index in [2.05, 4.69) is 60.6 Å². The fraction of sp³-hybridized carbons (Fsp3) is 0.550. The molecule has 0 unspecified atom stereocenters. The molecule has 1 aromatic heterocycles. The third-order valence-corrected chi connectivity index (χ3v) is 4.38. The molecular formula is C20H31N2+. The molecule has 0 aliphatic rings. The van der Waals surface area contributed by atoms with Crippen LogP contribution >= 0.6 is 0 Å². The molecule has 120 valence electrons. The second-order valence-electron chi connectivity index (χ2n) is 8.25. The monoisotopic (exact) mass is 302 g/mol. The average Bonchev–Trinajstić information content (AvgIpc) is 2.78. The smallest absolute Gasteiger partial charge is 0.237 e. The van der Waals surface area contributed by atoms with Crippen molar-refractivity contribution in [3.8, 4) is 5.69 Å². The highest BCUT2D eigenvalue weighted by Gasteiger charge is 2.26. The molecule has 0 amide bonds. The van der Waals surface area contributed by atoms with Crippen molar-refractivity contribution in [1.29, 1.82) is 0 Å². The summed E-state index contributed by atoms with van der Waals surface area (Å²) in [5.41, 5.74) is 4.83. The molecule has 0 aliphatic heterocycles. The lowest BCUT2D eigenvalue weighted by Crippen LogP contribution is -2.29. The first-order valence-electron chi connectivity index (χ1n) is 9.40. The van der Waals surface area contributed by atoms with Crippen LogP contribution in [0.1, 0.15) is 68.2 Å². The maximum absolute atomic E-state index is 7.71. The molecule has 0 atom stereocenters. The van der Waals surface area contributed by atoms with Crippen molar-refractivity contribution in [3.63, 3.8) is 0 Å². The highest BCUT2D eigenvalue weighted by Crippen LogP contribution is 2.34. The van der Waals surface area contributed by atoms with Crippen molar-refractivity contribution < 1.29 is 8.68 Å². The van der Waals surface area contributed by atoms with Crippen LogP contribution in [0.2, 0.25) is 0 Å². The molecule has 1 aromatic carbocycles. The van der Waals surface area contributed by atoms with Crippen LogP contribution in [0, 0.1) is 13.8 Å². The second-order valence-corrected chi connectivity index (χ2v) is 8.25. The zero-order valence-corrected chi connectivity index (χ0v) is 15.2. The van der Waals surface area contributed by atoms with E-state index < -0.39 is 6.98 Å². The number of hydrogen-bond donors (Lipinski definition) is 0. The van der Waals surface area contributed by atoms with E-state index in [1.54, 1.807) is 6.20 Å². The van der Waals surface area contributed by atoms with Crippen LogP contribution in [0.3, 0.4) is 0 Å². The molecule has 0 bridgehead atoms. The Morgan fingerprint density at radius 1 is 1.00 bits per heavy atom. The van der Waals surface area contributed by atoms with Gasteiger partial charge < -0.3 is 0 Å². The summed E-state index contributed by atoms with van der Waals surface area (Å²) in [6, 6.07) is 4.50. The minimum atomic E-state index is -2.17. The molecule has 2 aromatic rings. The molecule has 1 heterocycles. The lowest BCUT2D eigenvalue weighted by Gasteiger charge is -2.27. The van der Waals surface area contributed by atoms with Crippen molar-refractivity contribution in [3.05, 3.63) is 47.0 Å². The van der Waals surface area contributed by atoms with Gasteiger partial charge >= 0.3 is 0 Å². The highest BCUT2D eigenvalue weighted by molar-refractivity contribution is 5.52. The number of benzene rings is 1. The third kappa shape index (κ3) is 2.97. The van der Waals surface area contributed by atoms with Crippen LogP contribution in [0.4, 0.5) is 0 Å². The summed E-state index contributed by atoms with van der Waals surface area (Å²) >= 11 is 0. The minimum Gasteiger partial charge on any atom is -0.237 e.